The summed E-state index contributed by atoms with van der Waals surface area (Å²) in [7, 11) is 2.12. The fraction of sp³-hybridized carbons (Fsp3) is 0.278. The third-order valence-electron chi connectivity index (χ3n) is 4.43. The van der Waals surface area contributed by atoms with Gasteiger partial charge in [-0.1, -0.05) is 12.1 Å². The summed E-state index contributed by atoms with van der Waals surface area (Å²) in [4.78, 5) is 11.3. The summed E-state index contributed by atoms with van der Waals surface area (Å²) in [6.45, 7) is 8.42. The second-order valence-corrected chi connectivity index (χ2v) is 5.73. The SMILES string of the molecule is Cc1ccc(C)c2c1c1c(C)c(C=O)cc(C)c1n2C. The summed E-state index contributed by atoms with van der Waals surface area (Å²) in [5, 5.41) is 2.51. The zero-order valence-electron chi connectivity index (χ0n) is 12.7. The van der Waals surface area contributed by atoms with Gasteiger partial charge >= 0.3 is 0 Å². The lowest BCUT2D eigenvalue weighted by molar-refractivity contribution is 0.112. The first-order valence-corrected chi connectivity index (χ1v) is 6.91. The number of aromatic nitrogens is 1. The van der Waals surface area contributed by atoms with E-state index >= 15 is 0 Å². The Bertz CT molecular complexity index is 869. The minimum absolute atomic E-state index is 0.795. The van der Waals surface area contributed by atoms with Crippen molar-refractivity contribution in [1.82, 2.24) is 4.57 Å². The van der Waals surface area contributed by atoms with Gasteiger partial charge in [-0.05, 0) is 56.0 Å². The van der Waals surface area contributed by atoms with Crippen molar-refractivity contribution >= 4 is 28.1 Å². The maximum Gasteiger partial charge on any atom is 0.150 e. The molecule has 0 saturated heterocycles. The molecule has 2 heteroatoms. The molecular weight excluding hydrogens is 246 g/mol. The molecule has 0 aliphatic carbocycles. The van der Waals surface area contributed by atoms with Gasteiger partial charge in [-0.25, -0.2) is 0 Å². The van der Waals surface area contributed by atoms with Crippen LogP contribution >= 0.6 is 0 Å². The number of hydrogen-bond acceptors (Lipinski definition) is 1. The molecule has 0 bridgehead atoms. The quantitative estimate of drug-likeness (QED) is 0.598. The zero-order valence-corrected chi connectivity index (χ0v) is 12.7. The molecule has 2 nitrogen and oxygen atoms in total. The molecule has 0 N–H and O–H groups in total. The van der Waals surface area contributed by atoms with E-state index < -0.39 is 0 Å². The van der Waals surface area contributed by atoms with Crippen LogP contribution < -0.4 is 0 Å². The summed E-state index contributed by atoms with van der Waals surface area (Å²) in [5.41, 5.74) is 8.08. The standard InChI is InChI=1S/C18H19NO/c1-10-6-7-11(2)17-15(10)16-13(4)14(9-20)8-12(3)18(16)19(17)5/h6-9H,1-5H3. The Labute approximate surface area is 119 Å². The van der Waals surface area contributed by atoms with E-state index in [0.717, 1.165) is 23.0 Å². The van der Waals surface area contributed by atoms with Crippen molar-refractivity contribution in [3.8, 4) is 0 Å². The molecule has 1 aromatic heterocycles. The first-order chi connectivity index (χ1) is 9.47. The lowest BCUT2D eigenvalue weighted by Gasteiger charge is -2.07. The van der Waals surface area contributed by atoms with Crippen LogP contribution in [0.3, 0.4) is 0 Å². The molecule has 0 fully saturated rings. The average molecular weight is 265 g/mol. The Hall–Kier alpha value is -2.09. The number of hydrogen-bond donors (Lipinski definition) is 0. The van der Waals surface area contributed by atoms with Gasteiger partial charge in [0.15, 0.2) is 0 Å². The van der Waals surface area contributed by atoms with Gasteiger partial charge < -0.3 is 4.57 Å². The molecule has 0 radical (unpaired) electrons. The smallest absolute Gasteiger partial charge is 0.150 e. The Balaban J connectivity index is 2.75. The summed E-state index contributed by atoms with van der Waals surface area (Å²) in [5.74, 6) is 0. The molecule has 3 aromatic rings. The predicted octanol–water partition coefficient (Wildman–Crippen LogP) is 4.38. The molecule has 20 heavy (non-hydrogen) atoms. The van der Waals surface area contributed by atoms with E-state index in [1.54, 1.807) is 0 Å². The van der Waals surface area contributed by atoms with Crippen molar-refractivity contribution in [2.45, 2.75) is 27.7 Å². The van der Waals surface area contributed by atoms with Gasteiger partial charge in [0.25, 0.3) is 0 Å². The van der Waals surface area contributed by atoms with E-state index in [1.807, 2.05) is 13.0 Å². The maximum atomic E-state index is 11.3. The van der Waals surface area contributed by atoms with Gasteiger partial charge in [0.1, 0.15) is 6.29 Å². The Morgan fingerprint density at radius 2 is 1.50 bits per heavy atom. The van der Waals surface area contributed by atoms with Gasteiger partial charge in [0, 0.05) is 23.4 Å². The van der Waals surface area contributed by atoms with Crippen LogP contribution in [0, 0.1) is 27.7 Å². The summed E-state index contributed by atoms with van der Waals surface area (Å²) >= 11 is 0. The Kier molecular flexibility index (Phi) is 2.72. The van der Waals surface area contributed by atoms with Gasteiger partial charge in [-0.3, -0.25) is 4.79 Å². The number of aryl methyl sites for hydroxylation is 5. The minimum Gasteiger partial charge on any atom is -0.343 e. The number of carbonyl (C=O) groups excluding carboxylic acids is 1. The van der Waals surface area contributed by atoms with Crippen molar-refractivity contribution in [3.63, 3.8) is 0 Å². The first-order valence-electron chi connectivity index (χ1n) is 6.91. The molecule has 0 aliphatic rings. The van der Waals surface area contributed by atoms with Crippen LogP contribution in [0.1, 0.15) is 32.6 Å². The van der Waals surface area contributed by atoms with Crippen molar-refractivity contribution in [2.75, 3.05) is 0 Å². The highest BCUT2D eigenvalue weighted by molar-refractivity contribution is 6.14. The molecule has 0 saturated carbocycles. The van der Waals surface area contributed by atoms with E-state index in [9.17, 15) is 4.79 Å². The topological polar surface area (TPSA) is 22.0 Å². The molecule has 3 rings (SSSR count). The van der Waals surface area contributed by atoms with E-state index in [0.29, 0.717) is 0 Å². The summed E-state index contributed by atoms with van der Waals surface area (Å²) in [6.07, 6.45) is 0.964. The first kappa shape index (κ1) is 12.9. The van der Waals surface area contributed by atoms with Crippen LogP contribution in [0.15, 0.2) is 18.2 Å². The van der Waals surface area contributed by atoms with Gasteiger partial charge in [0.2, 0.25) is 0 Å². The molecule has 102 valence electrons. The molecule has 2 aromatic carbocycles. The monoisotopic (exact) mass is 265 g/mol. The third-order valence-corrected chi connectivity index (χ3v) is 4.43. The molecule has 0 amide bonds. The van der Waals surface area contributed by atoms with Crippen molar-refractivity contribution in [1.29, 1.82) is 0 Å². The van der Waals surface area contributed by atoms with Crippen LogP contribution in [0.4, 0.5) is 0 Å². The molecule has 0 unspecified atom stereocenters. The molecule has 0 spiro atoms. The van der Waals surface area contributed by atoms with Crippen LogP contribution in [0.5, 0.6) is 0 Å². The molecule has 0 aliphatic heterocycles. The normalized spacial score (nSPS) is 11.4. The van der Waals surface area contributed by atoms with Crippen LogP contribution in [0.25, 0.3) is 21.8 Å². The van der Waals surface area contributed by atoms with Crippen molar-refractivity contribution in [3.05, 3.63) is 46.0 Å². The fourth-order valence-electron chi connectivity index (χ4n) is 3.45. The molecule has 0 atom stereocenters. The third kappa shape index (κ3) is 1.48. The number of nitrogens with zero attached hydrogens (tertiary/aromatic N) is 1. The number of aldehydes is 1. The number of benzene rings is 2. The minimum atomic E-state index is 0.795. The Morgan fingerprint density at radius 3 is 2.15 bits per heavy atom. The summed E-state index contributed by atoms with van der Waals surface area (Å²) in [6, 6.07) is 6.33. The van der Waals surface area contributed by atoms with Gasteiger partial charge in [0.05, 0.1) is 11.0 Å². The molecule has 1 heterocycles. The van der Waals surface area contributed by atoms with Gasteiger partial charge in [-0.2, -0.15) is 0 Å². The predicted molar refractivity (Wildman–Crippen MR) is 84.8 cm³/mol. The van der Waals surface area contributed by atoms with Crippen molar-refractivity contribution < 1.29 is 4.79 Å². The zero-order chi connectivity index (χ0) is 14.6. The average Bonchev–Trinajstić information content (AvgIpc) is 2.74. The van der Waals surface area contributed by atoms with E-state index in [-0.39, 0.29) is 0 Å². The van der Waals surface area contributed by atoms with Gasteiger partial charge in [-0.15, -0.1) is 0 Å². The van der Waals surface area contributed by atoms with Crippen LogP contribution in [-0.4, -0.2) is 10.9 Å². The Morgan fingerprint density at radius 1 is 0.900 bits per heavy atom. The molecular formula is C18H19NO. The summed E-state index contributed by atoms with van der Waals surface area (Å²) < 4.78 is 2.27. The number of carbonyl (C=O) groups is 1. The number of fused-ring (bicyclic) bond motifs is 3. The largest absolute Gasteiger partial charge is 0.343 e. The van der Waals surface area contributed by atoms with Crippen molar-refractivity contribution in [2.24, 2.45) is 7.05 Å². The highest BCUT2D eigenvalue weighted by atomic mass is 16.1. The van der Waals surface area contributed by atoms with E-state index in [1.165, 1.54) is 32.9 Å². The second-order valence-electron chi connectivity index (χ2n) is 5.73. The van der Waals surface area contributed by atoms with E-state index in [4.69, 9.17) is 0 Å². The lowest BCUT2D eigenvalue weighted by atomic mass is 9.97. The second kappa shape index (κ2) is 4.20. The highest BCUT2D eigenvalue weighted by Crippen LogP contribution is 2.37. The van der Waals surface area contributed by atoms with Crippen LogP contribution in [-0.2, 0) is 7.05 Å². The fourth-order valence-corrected chi connectivity index (χ4v) is 3.45. The highest BCUT2D eigenvalue weighted by Gasteiger charge is 2.17. The lowest BCUT2D eigenvalue weighted by Crippen LogP contribution is -1.94. The van der Waals surface area contributed by atoms with Crippen LogP contribution in [0.2, 0.25) is 0 Å². The van der Waals surface area contributed by atoms with E-state index in [2.05, 4.69) is 44.5 Å². The maximum absolute atomic E-state index is 11.3. The number of rotatable bonds is 1.